The van der Waals surface area contributed by atoms with Crippen molar-refractivity contribution in [2.75, 3.05) is 59.0 Å². The molecule has 2 aliphatic heterocycles. The molecular formula is C18H35N3O2. The van der Waals surface area contributed by atoms with Gasteiger partial charge in [-0.05, 0) is 39.0 Å². The first-order valence-electron chi connectivity index (χ1n) is 9.38. The maximum absolute atomic E-state index is 12.1. The van der Waals surface area contributed by atoms with Crippen LogP contribution in [0.3, 0.4) is 0 Å². The maximum atomic E-state index is 12.1. The first-order valence-corrected chi connectivity index (χ1v) is 9.38. The van der Waals surface area contributed by atoms with Crippen LogP contribution in [0, 0.1) is 5.92 Å². The molecule has 2 saturated heterocycles. The van der Waals surface area contributed by atoms with Gasteiger partial charge in [0.1, 0.15) is 6.61 Å². The van der Waals surface area contributed by atoms with Gasteiger partial charge in [-0.1, -0.05) is 6.92 Å². The van der Waals surface area contributed by atoms with Crippen LogP contribution in [-0.4, -0.2) is 85.7 Å². The van der Waals surface area contributed by atoms with Crippen molar-refractivity contribution in [1.29, 1.82) is 0 Å². The van der Waals surface area contributed by atoms with Gasteiger partial charge < -0.3 is 14.5 Å². The quantitative estimate of drug-likeness (QED) is 0.667. The Morgan fingerprint density at radius 1 is 1.09 bits per heavy atom. The highest BCUT2D eigenvalue weighted by Crippen LogP contribution is 2.15. The molecule has 1 amide bonds. The lowest BCUT2D eigenvalue weighted by Gasteiger charge is -2.36. The number of ether oxygens (including phenoxy) is 1. The Balaban J connectivity index is 1.49. The van der Waals surface area contributed by atoms with Crippen LogP contribution in [0.5, 0.6) is 0 Å². The largest absolute Gasteiger partial charge is 0.372 e. The average Bonchev–Trinajstić information content (AvgIpc) is 2.55. The Hall–Kier alpha value is -0.650. The van der Waals surface area contributed by atoms with Gasteiger partial charge in [0, 0.05) is 58.5 Å². The first kappa shape index (κ1) is 18.7. The van der Waals surface area contributed by atoms with E-state index in [0.29, 0.717) is 12.6 Å². The Labute approximate surface area is 141 Å². The number of hydrogen-bond acceptors (Lipinski definition) is 4. The van der Waals surface area contributed by atoms with Gasteiger partial charge in [0.25, 0.3) is 0 Å². The maximum Gasteiger partial charge on any atom is 0.248 e. The summed E-state index contributed by atoms with van der Waals surface area (Å²) >= 11 is 0. The van der Waals surface area contributed by atoms with Gasteiger partial charge in [0.2, 0.25) is 5.91 Å². The van der Waals surface area contributed by atoms with Crippen molar-refractivity contribution in [2.45, 2.75) is 46.1 Å². The summed E-state index contributed by atoms with van der Waals surface area (Å²) in [4.78, 5) is 19.1. The van der Waals surface area contributed by atoms with Crippen molar-refractivity contribution >= 4 is 5.91 Å². The molecule has 5 heteroatoms. The lowest BCUT2D eigenvalue weighted by molar-refractivity contribution is -0.137. The summed E-state index contributed by atoms with van der Waals surface area (Å²) in [6.45, 7) is 15.3. The minimum absolute atomic E-state index is 0.169. The second-order valence-corrected chi connectivity index (χ2v) is 7.44. The van der Waals surface area contributed by atoms with Crippen molar-refractivity contribution in [3.05, 3.63) is 0 Å². The summed E-state index contributed by atoms with van der Waals surface area (Å²) < 4.78 is 5.60. The highest BCUT2D eigenvalue weighted by molar-refractivity contribution is 5.77. The minimum Gasteiger partial charge on any atom is -0.372 e. The van der Waals surface area contributed by atoms with Crippen molar-refractivity contribution < 1.29 is 9.53 Å². The van der Waals surface area contributed by atoms with Gasteiger partial charge in [-0.25, -0.2) is 0 Å². The van der Waals surface area contributed by atoms with Crippen LogP contribution in [0.1, 0.15) is 40.0 Å². The smallest absolute Gasteiger partial charge is 0.248 e. The van der Waals surface area contributed by atoms with Crippen LogP contribution in [0.15, 0.2) is 0 Å². The molecule has 5 nitrogen and oxygen atoms in total. The highest BCUT2D eigenvalue weighted by atomic mass is 16.5. The van der Waals surface area contributed by atoms with E-state index in [1.165, 1.54) is 13.1 Å². The zero-order valence-electron chi connectivity index (χ0n) is 15.3. The summed E-state index contributed by atoms with van der Waals surface area (Å²) in [6, 6.07) is 0.657. The lowest BCUT2D eigenvalue weighted by atomic mass is 9.99. The van der Waals surface area contributed by atoms with Crippen LogP contribution in [0.25, 0.3) is 0 Å². The Morgan fingerprint density at radius 3 is 2.35 bits per heavy atom. The molecule has 0 aliphatic carbocycles. The molecule has 134 valence electrons. The number of hydrogen-bond donors (Lipinski definition) is 0. The average molecular weight is 325 g/mol. The van der Waals surface area contributed by atoms with E-state index in [0.717, 1.165) is 57.9 Å². The molecule has 0 spiro atoms. The van der Waals surface area contributed by atoms with Crippen LogP contribution >= 0.6 is 0 Å². The normalized spacial score (nSPS) is 22.0. The fourth-order valence-electron chi connectivity index (χ4n) is 3.40. The minimum atomic E-state index is 0.169. The third-order valence-electron chi connectivity index (χ3n) is 5.26. The number of piperazine rings is 1. The number of likely N-dealkylation sites (tertiary alicyclic amines) is 1. The van der Waals surface area contributed by atoms with Gasteiger partial charge in [-0.2, -0.15) is 0 Å². The molecule has 0 aromatic heterocycles. The topological polar surface area (TPSA) is 36.0 Å². The highest BCUT2D eigenvalue weighted by Gasteiger charge is 2.20. The number of carbonyl (C=O) groups excluding carboxylic acids is 1. The second-order valence-electron chi connectivity index (χ2n) is 7.44. The molecule has 2 aliphatic rings. The van der Waals surface area contributed by atoms with Gasteiger partial charge in [-0.3, -0.25) is 9.69 Å². The molecule has 23 heavy (non-hydrogen) atoms. The molecule has 2 heterocycles. The number of amides is 1. The van der Waals surface area contributed by atoms with E-state index in [-0.39, 0.29) is 12.5 Å². The fraction of sp³-hybridized carbons (Fsp3) is 0.944. The lowest BCUT2D eigenvalue weighted by Crippen LogP contribution is -2.49. The van der Waals surface area contributed by atoms with E-state index in [1.54, 1.807) is 0 Å². The molecule has 0 atom stereocenters. The first-order chi connectivity index (χ1) is 11.1. The number of rotatable bonds is 7. The van der Waals surface area contributed by atoms with E-state index < -0.39 is 0 Å². The summed E-state index contributed by atoms with van der Waals surface area (Å²) in [5.41, 5.74) is 0. The standard InChI is InChI=1S/C18H35N3O2/c1-16(2)20-12-10-19(11-13-20)7-4-14-23-15-18(22)21-8-5-17(3)6-9-21/h16-17H,4-15H2,1-3H3. The SMILES string of the molecule is CC1CCN(C(=O)COCCCN2CCN(C(C)C)CC2)CC1. The Bertz CT molecular complexity index is 346. The molecule has 0 radical (unpaired) electrons. The van der Waals surface area contributed by atoms with Gasteiger partial charge in [0.05, 0.1) is 0 Å². The molecule has 0 saturated carbocycles. The van der Waals surface area contributed by atoms with E-state index >= 15 is 0 Å². The summed E-state index contributed by atoms with van der Waals surface area (Å²) in [5.74, 6) is 0.929. The molecule has 0 bridgehead atoms. The van der Waals surface area contributed by atoms with Gasteiger partial charge in [0.15, 0.2) is 0 Å². The molecule has 2 fully saturated rings. The summed E-state index contributed by atoms with van der Waals surface area (Å²) in [5, 5.41) is 0. The van der Waals surface area contributed by atoms with E-state index in [9.17, 15) is 4.79 Å². The zero-order chi connectivity index (χ0) is 16.7. The van der Waals surface area contributed by atoms with E-state index in [2.05, 4.69) is 30.6 Å². The molecule has 0 N–H and O–H groups in total. The molecular weight excluding hydrogens is 290 g/mol. The Kier molecular flexibility index (Phi) is 7.80. The fourth-order valence-corrected chi connectivity index (χ4v) is 3.40. The van der Waals surface area contributed by atoms with Crippen molar-refractivity contribution in [2.24, 2.45) is 5.92 Å². The van der Waals surface area contributed by atoms with Crippen LogP contribution in [0.4, 0.5) is 0 Å². The zero-order valence-corrected chi connectivity index (χ0v) is 15.3. The van der Waals surface area contributed by atoms with Crippen molar-refractivity contribution in [3.63, 3.8) is 0 Å². The third kappa shape index (κ3) is 6.40. The van der Waals surface area contributed by atoms with E-state index in [1.807, 2.05) is 4.90 Å². The predicted molar refractivity (Wildman–Crippen MR) is 93.6 cm³/mol. The molecule has 0 unspecified atom stereocenters. The predicted octanol–water partition coefficient (Wildman–Crippen LogP) is 1.68. The number of nitrogens with zero attached hydrogens (tertiary/aromatic N) is 3. The van der Waals surface area contributed by atoms with Crippen LogP contribution in [-0.2, 0) is 9.53 Å². The van der Waals surface area contributed by atoms with Crippen molar-refractivity contribution in [1.82, 2.24) is 14.7 Å². The van der Waals surface area contributed by atoms with Crippen LogP contribution < -0.4 is 0 Å². The third-order valence-corrected chi connectivity index (χ3v) is 5.26. The Morgan fingerprint density at radius 2 is 1.74 bits per heavy atom. The number of piperidine rings is 1. The van der Waals surface area contributed by atoms with E-state index in [4.69, 9.17) is 4.74 Å². The molecule has 0 aromatic carbocycles. The van der Waals surface area contributed by atoms with Crippen LogP contribution in [0.2, 0.25) is 0 Å². The number of carbonyl (C=O) groups is 1. The monoisotopic (exact) mass is 325 g/mol. The van der Waals surface area contributed by atoms with Gasteiger partial charge >= 0.3 is 0 Å². The van der Waals surface area contributed by atoms with Crippen molar-refractivity contribution in [3.8, 4) is 0 Å². The van der Waals surface area contributed by atoms with Gasteiger partial charge in [-0.15, -0.1) is 0 Å². The molecule has 0 aromatic rings. The molecule has 2 rings (SSSR count). The summed E-state index contributed by atoms with van der Waals surface area (Å²) in [6.07, 6.45) is 3.29. The summed E-state index contributed by atoms with van der Waals surface area (Å²) in [7, 11) is 0. The second kappa shape index (κ2) is 9.60.